The van der Waals surface area contributed by atoms with Gasteiger partial charge in [0.1, 0.15) is 5.69 Å². The molecule has 0 spiro atoms. The average Bonchev–Trinajstić information content (AvgIpc) is 2.81. The molecule has 1 heterocycles. The van der Waals surface area contributed by atoms with Crippen LogP contribution in [0, 0.1) is 28.4 Å². The standard InChI is InChI=1S/C11H9N5O3/c1-7-14-11(19-15-7)6-13-9-4-8(5-12)2-3-10(9)16(17)18/h2-4,13H,6H2,1H3. The van der Waals surface area contributed by atoms with E-state index in [2.05, 4.69) is 15.5 Å². The van der Waals surface area contributed by atoms with E-state index in [0.29, 0.717) is 17.3 Å². The van der Waals surface area contributed by atoms with Crippen molar-refractivity contribution in [2.24, 2.45) is 0 Å². The highest BCUT2D eigenvalue weighted by Crippen LogP contribution is 2.25. The van der Waals surface area contributed by atoms with Crippen molar-refractivity contribution in [3.63, 3.8) is 0 Å². The Hall–Kier alpha value is -2.95. The smallest absolute Gasteiger partial charge is 0.292 e. The number of nitrogens with zero attached hydrogens (tertiary/aromatic N) is 4. The highest BCUT2D eigenvalue weighted by atomic mass is 16.6. The highest BCUT2D eigenvalue weighted by molar-refractivity contribution is 5.64. The number of nitro groups is 1. The summed E-state index contributed by atoms with van der Waals surface area (Å²) in [5.41, 5.74) is 0.449. The van der Waals surface area contributed by atoms with Crippen LogP contribution in [-0.2, 0) is 6.54 Å². The molecule has 1 N–H and O–H groups in total. The second kappa shape index (κ2) is 5.14. The van der Waals surface area contributed by atoms with E-state index in [4.69, 9.17) is 9.78 Å². The first-order valence-electron chi connectivity index (χ1n) is 5.32. The lowest BCUT2D eigenvalue weighted by Gasteiger charge is -2.04. The van der Waals surface area contributed by atoms with Crippen molar-refractivity contribution < 1.29 is 9.45 Å². The number of benzene rings is 1. The van der Waals surface area contributed by atoms with Crippen LogP contribution in [0.4, 0.5) is 11.4 Å². The maximum atomic E-state index is 10.9. The molecule has 0 aliphatic carbocycles. The van der Waals surface area contributed by atoms with E-state index in [1.54, 1.807) is 6.92 Å². The fourth-order valence-corrected chi connectivity index (χ4v) is 1.49. The third-order valence-electron chi connectivity index (χ3n) is 2.32. The zero-order valence-corrected chi connectivity index (χ0v) is 9.95. The SMILES string of the molecule is Cc1noc(CNc2cc(C#N)ccc2[N+](=O)[O-])n1. The summed E-state index contributed by atoms with van der Waals surface area (Å²) in [5, 5.41) is 26.1. The molecule has 0 fully saturated rings. The van der Waals surface area contributed by atoms with Crippen molar-refractivity contribution in [3.05, 3.63) is 45.6 Å². The molecule has 0 unspecified atom stereocenters. The Bertz CT molecular complexity index is 659. The van der Waals surface area contributed by atoms with Gasteiger partial charge in [-0.25, -0.2) is 0 Å². The highest BCUT2D eigenvalue weighted by Gasteiger charge is 2.14. The van der Waals surface area contributed by atoms with Crippen LogP contribution in [0.1, 0.15) is 17.3 Å². The molecule has 8 nitrogen and oxygen atoms in total. The van der Waals surface area contributed by atoms with Gasteiger partial charge >= 0.3 is 0 Å². The fourth-order valence-electron chi connectivity index (χ4n) is 1.49. The Morgan fingerprint density at radius 1 is 1.58 bits per heavy atom. The molecule has 0 saturated heterocycles. The lowest BCUT2D eigenvalue weighted by molar-refractivity contribution is -0.384. The van der Waals surface area contributed by atoms with Crippen molar-refractivity contribution in [1.29, 1.82) is 5.26 Å². The Balaban J connectivity index is 2.22. The van der Waals surface area contributed by atoms with Gasteiger partial charge in [-0.05, 0) is 19.1 Å². The number of hydrogen-bond acceptors (Lipinski definition) is 7. The average molecular weight is 259 g/mol. The van der Waals surface area contributed by atoms with Crippen LogP contribution < -0.4 is 5.32 Å². The van der Waals surface area contributed by atoms with Crippen molar-refractivity contribution in [2.75, 3.05) is 5.32 Å². The Morgan fingerprint density at radius 2 is 2.37 bits per heavy atom. The summed E-state index contributed by atoms with van der Waals surface area (Å²) in [6.45, 7) is 1.82. The number of hydrogen-bond donors (Lipinski definition) is 1. The summed E-state index contributed by atoms with van der Waals surface area (Å²) in [6.07, 6.45) is 0. The Kier molecular flexibility index (Phi) is 3.38. The zero-order chi connectivity index (χ0) is 13.8. The molecular weight excluding hydrogens is 250 g/mol. The number of anilines is 1. The largest absolute Gasteiger partial charge is 0.371 e. The molecule has 1 aromatic carbocycles. The van der Waals surface area contributed by atoms with E-state index in [1.165, 1.54) is 18.2 Å². The van der Waals surface area contributed by atoms with Crippen LogP contribution in [0.15, 0.2) is 22.7 Å². The minimum absolute atomic E-state index is 0.116. The molecule has 96 valence electrons. The second-order valence-electron chi connectivity index (χ2n) is 3.69. The molecule has 2 rings (SSSR count). The molecule has 0 atom stereocenters. The van der Waals surface area contributed by atoms with Crippen molar-refractivity contribution in [2.45, 2.75) is 13.5 Å². The molecule has 8 heteroatoms. The van der Waals surface area contributed by atoms with Gasteiger partial charge in [0.2, 0.25) is 5.89 Å². The molecule has 2 aromatic rings. The quantitative estimate of drug-likeness (QED) is 0.656. The van der Waals surface area contributed by atoms with E-state index < -0.39 is 4.92 Å². The first kappa shape index (κ1) is 12.5. The number of nitrogens with one attached hydrogen (secondary N) is 1. The van der Waals surface area contributed by atoms with Crippen LogP contribution in [0.25, 0.3) is 0 Å². The third-order valence-corrected chi connectivity index (χ3v) is 2.32. The van der Waals surface area contributed by atoms with Gasteiger partial charge in [-0.3, -0.25) is 10.1 Å². The van der Waals surface area contributed by atoms with Crippen LogP contribution in [0.3, 0.4) is 0 Å². The van der Waals surface area contributed by atoms with Crippen molar-refractivity contribution in [1.82, 2.24) is 10.1 Å². The van der Waals surface area contributed by atoms with Gasteiger partial charge in [0.25, 0.3) is 5.69 Å². The molecule has 1 aromatic heterocycles. The predicted octanol–water partition coefficient (Wildman–Crippen LogP) is 1.77. The van der Waals surface area contributed by atoms with Crippen molar-refractivity contribution >= 4 is 11.4 Å². The van der Waals surface area contributed by atoms with Gasteiger partial charge < -0.3 is 9.84 Å². The molecule has 0 amide bonds. The maximum Gasteiger partial charge on any atom is 0.292 e. The van der Waals surface area contributed by atoms with Gasteiger partial charge in [0.15, 0.2) is 5.82 Å². The van der Waals surface area contributed by atoms with Gasteiger partial charge in [-0.2, -0.15) is 10.2 Å². The summed E-state index contributed by atoms with van der Waals surface area (Å²) < 4.78 is 4.88. The number of aryl methyl sites for hydroxylation is 1. The van der Waals surface area contributed by atoms with Crippen LogP contribution in [-0.4, -0.2) is 15.1 Å². The van der Waals surface area contributed by atoms with Gasteiger partial charge in [0.05, 0.1) is 23.1 Å². The lowest BCUT2D eigenvalue weighted by atomic mass is 10.2. The molecule has 0 aliphatic rings. The zero-order valence-electron chi connectivity index (χ0n) is 9.95. The summed E-state index contributed by atoms with van der Waals surface area (Å²) >= 11 is 0. The van der Waals surface area contributed by atoms with E-state index in [9.17, 15) is 10.1 Å². The molecule has 0 saturated carbocycles. The molecule has 0 radical (unpaired) electrons. The van der Waals surface area contributed by atoms with Gasteiger partial charge in [-0.1, -0.05) is 5.16 Å². The predicted molar refractivity (Wildman–Crippen MR) is 64.2 cm³/mol. The lowest BCUT2D eigenvalue weighted by Crippen LogP contribution is -2.03. The van der Waals surface area contributed by atoms with Crippen LogP contribution >= 0.6 is 0 Å². The fraction of sp³-hybridized carbons (Fsp3) is 0.182. The molecule has 0 bridgehead atoms. The summed E-state index contributed by atoms with van der Waals surface area (Å²) in [6, 6.07) is 5.99. The minimum atomic E-state index is -0.525. The van der Waals surface area contributed by atoms with Gasteiger partial charge in [0, 0.05) is 6.07 Å². The number of rotatable bonds is 4. The van der Waals surface area contributed by atoms with Crippen LogP contribution in [0.2, 0.25) is 0 Å². The third kappa shape index (κ3) is 2.84. The number of nitro benzene ring substituents is 1. The molecular formula is C11H9N5O3. The normalized spacial score (nSPS) is 9.89. The maximum absolute atomic E-state index is 10.9. The first-order valence-corrected chi connectivity index (χ1v) is 5.32. The van der Waals surface area contributed by atoms with Gasteiger partial charge in [-0.15, -0.1) is 0 Å². The van der Waals surface area contributed by atoms with E-state index >= 15 is 0 Å². The first-order chi connectivity index (χ1) is 9.10. The van der Waals surface area contributed by atoms with Crippen LogP contribution in [0.5, 0.6) is 0 Å². The number of aromatic nitrogens is 2. The van der Waals surface area contributed by atoms with E-state index in [-0.39, 0.29) is 17.9 Å². The Morgan fingerprint density at radius 3 is 2.95 bits per heavy atom. The van der Waals surface area contributed by atoms with Crippen molar-refractivity contribution in [3.8, 4) is 6.07 Å². The summed E-state index contributed by atoms with van der Waals surface area (Å²) in [4.78, 5) is 14.3. The molecule has 0 aliphatic heterocycles. The van der Waals surface area contributed by atoms with E-state index in [0.717, 1.165) is 0 Å². The number of nitriles is 1. The topological polar surface area (TPSA) is 118 Å². The molecule has 19 heavy (non-hydrogen) atoms. The summed E-state index contributed by atoms with van der Waals surface area (Å²) in [7, 11) is 0. The summed E-state index contributed by atoms with van der Waals surface area (Å²) in [5.74, 6) is 0.797. The monoisotopic (exact) mass is 259 g/mol. The van der Waals surface area contributed by atoms with E-state index in [1.807, 2.05) is 6.07 Å². The minimum Gasteiger partial charge on any atom is -0.371 e. The Labute approximate surface area is 107 Å². The second-order valence-corrected chi connectivity index (χ2v) is 3.69.